The van der Waals surface area contributed by atoms with Crippen molar-refractivity contribution in [3.8, 4) is 11.5 Å². The molecule has 0 aromatic heterocycles. The molecule has 3 heteroatoms. The van der Waals surface area contributed by atoms with Crippen molar-refractivity contribution >= 4 is 5.76 Å². The first-order valence-corrected chi connectivity index (χ1v) is 9.65. The Kier molecular flexibility index (Phi) is 5.18. The molecule has 0 unspecified atom stereocenters. The van der Waals surface area contributed by atoms with Crippen molar-refractivity contribution in [2.75, 3.05) is 27.7 Å². The smallest absolute Gasteiger partial charge is 0.140 e. The molecule has 0 aliphatic carbocycles. The van der Waals surface area contributed by atoms with E-state index in [9.17, 15) is 0 Å². The molecule has 3 nitrogen and oxygen atoms in total. The van der Waals surface area contributed by atoms with Gasteiger partial charge in [-0.05, 0) is 35.9 Å². The molecule has 0 saturated heterocycles. The van der Waals surface area contributed by atoms with Crippen LogP contribution in [0.4, 0.5) is 0 Å². The maximum Gasteiger partial charge on any atom is 0.140 e. The maximum atomic E-state index is 6.48. The van der Waals surface area contributed by atoms with Crippen molar-refractivity contribution in [2.24, 2.45) is 0 Å². The second-order valence-corrected chi connectivity index (χ2v) is 7.45. The van der Waals surface area contributed by atoms with E-state index in [4.69, 9.17) is 9.47 Å². The Balaban J connectivity index is 1.92. The summed E-state index contributed by atoms with van der Waals surface area (Å²) in [6.07, 6.45) is 0. The van der Waals surface area contributed by atoms with E-state index in [1.807, 2.05) is 18.2 Å². The van der Waals surface area contributed by atoms with E-state index in [1.165, 1.54) is 21.6 Å². The topological polar surface area (TPSA) is 22.9 Å². The second kappa shape index (κ2) is 7.91. The third kappa shape index (κ3) is 3.54. The van der Waals surface area contributed by atoms with Gasteiger partial charge >= 0.3 is 0 Å². The minimum absolute atomic E-state index is 0.179. The molecule has 3 aromatic rings. The number of hydrogen-bond acceptors (Lipinski definition) is 2. The predicted octanol–water partition coefficient (Wildman–Crippen LogP) is 3.78. The van der Waals surface area contributed by atoms with Gasteiger partial charge in [-0.25, -0.2) is 0 Å². The van der Waals surface area contributed by atoms with Crippen molar-refractivity contribution in [3.05, 3.63) is 101 Å². The molecule has 1 N–H and O–H groups in total. The number of benzene rings is 3. The lowest BCUT2D eigenvalue weighted by atomic mass is 9.81. The van der Waals surface area contributed by atoms with Crippen molar-refractivity contribution < 1.29 is 14.4 Å². The average Bonchev–Trinajstić information content (AvgIpc) is 2.73. The minimum Gasteiger partial charge on any atom is -0.497 e. The first-order chi connectivity index (χ1) is 13.7. The van der Waals surface area contributed by atoms with Crippen LogP contribution in [0.15, 0.2) is 84.4 Å². The standard InChI is InChI=1S/C25H25NO2/c1-26(2)17-22-24(18-9-5-4-6-10-18)21-11-7-8-12-23(21)28-25(22)19-13-15-20(27-3)16-14-19/h4-16,24H,17H2,1-3H3/p+1/t24-/m0/s1. The molecule has 142 valence electrons. The van der Waals surface area contributed by atoms with Crippen LogP contribution in [0.1, 0.15) is 22.6 Å². The Labute approximate surface area is 166 Å². The maximum absolute atomic E-state index is 6.48. The molecule has 1 atom stereocenters. The van der Waals surface area contributed by atoms with E-state index < -0.39 is 0 Å². The molecule has 1 aliphatic rings. The predicted molar refractivity (Wildman–Crippen MR) is 113 cm³/mol. The summed E-state index contributed by atoms with van der Waals surface area (Å²) in [6, 6.07) is 27.2. The first-order valence-electron chi connectivity index (χ1n) is 9.65. The highest BCUT2D eigenvalue weighted by atomic mass is 16.5. The summed E-state index contributed by atoms with van der Waals surface area (Å²) in [5.74, 6) is 2.91. The summed E-state index contributed by atoms with van der Waals surface area (Å²) >= 11 is 0. The molecule has 3 aromatic carbocycles. The average molecular weight is 372 g/mol. The highest BCUT2D eigenvalue weighted by molar-refractivity contribution is 5.72. The lowest BCUT2D eigenvalue weighted by Crippen LogP contribution is -3.06. The second-order valence-electron chi connectivity index (χ2n) is 7.45. The molecule has 0 saturated carbocycles. The van der Waals surface area contributed by atoms with Gasteiger partial charge in [0.2, 0.25) is 0 Å². The normalized spacial score (nSPS) is 15.9. The number of para-hydroxylation sites is 1. The number of fused-ring (bicyclic) bond motifs is 1. The number of methoxy groups -OCH3 is 1. The molecular weight excluding hydrogens is 346 g/mol. The quantitative estimate of drug-likeness (QED) is 0.737. The number of nitrogens with one attached hydrogen (secondary N) is 1. The molecule has 0 bridgehead atoms. The van der Waals surface area contributed by atoms with Crippen LogP contribution in [-0.4, -0.2) is 27.7 Å². The molecule has 1 heterocycles. The van der Waals surface area contributed by atoms with E-state index in [0.29, 0.717) is 0 Å². The Bertz CT molecular complexity index is 975. The molecule has 0 fully saturated rings. The highest BCUT2D eigenvalue weighted by Gasteiger charge is 2.32. The summed E-state index contributed by atoms with van der Waals surface area (Å²) in [5, 5.41) is 0. The van der Waals surface area contributed by atoms with Crippen LogP contribution < -0.4 is 14.4 Å². The zero-order valence-electron chi connectivity index (χ0n) is 16.6. The zero-order chi connectivity index (χ0) is 19.5. The fourth-order valence-corrected chi connectivity index (χ4v) is 3.88. The van der Waals surface area contributed by atoms with Gasteiger partial charge in [0.05, 0.1) is 21.2 Å². The number of likely N-dealkylation sites (N-methyl/N-ethyl adjacent to an activating group) is 1. The zero-order valence-corrected chi connectivity index (χ0v) is 16.6. The molecule has 0 radical (unpaired) electrons. The third-order valence-corrected chi connectivity index (χ3v) is 5.11. The van der Waals surface area contributed by atoms with E-state index in [0.717, 1.165) is 29.4 Å². The van der Waals surface area contributed by atoms with E-state index in [1.54, 1.807) is 7.11 Å². The van der Waals surface area contributed by atoms with Gasteiger partial charge in [0.1, 0.15) is 23.8 Å². The van der Waals surface area contributed by atoms with Gasteiger partial charge in [-0.2, -0.15) is 0 Å². The minimum atomic E-state index is 0.179. The van der Waals surface area contributed by atoms with Crippen molar-refractivity contribution in [1.82, 2.24) is 0 Å². The van der Waals surface area contributed by atoms with Gasteiger partial charge in [-0.15, -0.1) is 0 Å². The lowest BCUT2D eigenvalue weighted by Gasteiger charge is -2.31. The number of ether oxygens (including phenoxy) is 2. The van der Waals surface area contributed by atoms with Crippen LogP contribution in [0, 0.1) is 0 Å². The lowest BCUT2D eigenvalue weighted by molar-refractivity contribution is -0.853. The Morgan fingerprint density at radius 2 is 1.54 bits per heavy atom. The summed E-state index contributed by atoms with van der Waals surface area (Å²) in [5.41, 5.74) is 4.89. The van der Waals surface area contributed by atoms with E-state index in [2.05, 4.69) is 74.8 Å². The fraction of sp³-hybridized carbons (Fsp3) is 0.200. The van der Waals surface area contributed by atoms with Gasteiger partial charge in [0.25, 0.3) is 0 Å². The third-order valence-electron chi connectivity index (χ3n) is 5.11. The SMILES string of the molecule is COc1ccc(C2=C(C[NH+](C)C)[C@@H](c3ccccc3)c3ccccc3O2)cc1. The summed E-state index contributed by atoms with van der Waals surface area (Å²) < 4.78 is 11.8. The monoisotopic (exact) mass is 372 g/mol. The van der Waals surface area contributed by atoms with Gasteiger partial charge < -0.3 is 14.4 Å². The van der Waals surface area contributed by atoms with Crippen LogP contribution in [-0.2, 0) is 0 Å². The Morgan fingerprint density at radius 3 is 2.21 bits per heavy atom. The molecule has 1 aliphatic heterocycles. The van der Waals surface area contributed by atoms with Crippen LogP contribution in [0.2, 0.25) is 0 Å². The van der Waals surface area contributed by atoms with Crippen molar-refractivity contribution in [2.45, 2.75) is 5.92 Å². The number of rotatable bonds is 5. The molecule has 0 spiro atoms. The van der Waals surface area contributed by atoms with Crippen LogP contribution in [0.3, 0.4) is 0 Å². The molecule has 4 rings (SSSR count). The molecule has 0 amide bonds. The number of quaternary nitrogens is 1. The Morgan fingerprint density at radius 1 is 0.857 bits per heavy atom. The first kappa shape index (κ1) is 18.3. The van der Waals surface area contributed by atoms with Crippen LogP contribution in [0.5, 0.6) is 11.5 Å². The van der Waals surface area contributed by atoms with E-state index in [-0.39, 0.29) is 5.92 Å². The largest absolute Gasteiger partial charge is 0.497 e. The van der Waals surface area contributed by atoms with Crippen molar-refractivity contribution in [3.63, 3.8) is 0 Å². The van der Waals surface area contributed by atoms with Crippen molar-refractivity contribution in [1.29, 1.82) is 0 Å². The fourth-order valence-electron chi connectivity index (χ4n) is 3.88. The van der Waals surface area contributed by atoms with Gasteiger partial charge in [0.15, 0.2) is 0 Å². The molecule has 28 heavy (non-hydrogen) atoms. The van der Waals surface area contributed by atoms with Gasteiger partial charge in [-0.1, -0.05) is 48.5 Å². The van der Waals surface area contributed by atoms with E-state index >= 15 is 0 Å². The number of hydrogen-bond donors (Lipinski definition) is 1. The highest BCUT2D eigenvalue weighted by Crippen LogP contribution is 2.45. The summed E-state index contributed by atoms with van der Waals surface area (Å²) in [4.78, 5) is 1.37. The van der Waals surface area contributed by atoms with Gasteiger partial charge in [-0.3, -0.25) is 0 Å². The van der Waals surface area contributed by atoms with Gasteiger partial charge in [0, 0.05) is 22.6 Å². The van der Waals surface area contributed by atoms with Crippen LogP contribution in [0.25, 0.3) is 5.76 Å². The molecular formula is C25H26NO2+. The van der Waals surface area contributed by atoms with Crippen LogP contribution >= 0.6 is 0 Å². The summed E-state index contributed by atoms with van der Waals surface area (Å²) in [7, 11) is 6.05. The Hall–Kier alpha value is -3.04. The summed E-state index contributed by atoms with van der Waals surface area (Å²) in [6.45, 7) is 0.898.